The lowest BCUT2D eigenvalue weighted by atomic mass is 9.96. The first-order valence-corrected chi connectivity index (χ1v) is 12.5. The largest absolute Gasteiger partial charge is 0.379 e. The Morgan fingerprint density at radius 3 is 2.72 bits per heavy atom. The van der Waals surface area contributed by atoms with Gasteiger partial charge in [-0.1, -0.05) is 29.7 Å². The number of thiophene rings is 1. The van der Waals surface area contributed by atoms with Crippen LogP contribution >= 0.6 is 11.3 Å². The molecule has 0 saturated carbocycles. The summed E-state index contributed by atoms with van der Waals surface area (Å²) in [6.45, 7) is 4.22. The van der Waals surface area contributed by atoms with Crippen LogP contribution < -0.4 is 21.0 Å². The van der Waals surface area contributed by atoms with Gasteiger partial charge in [0, 0.05) is 25.3 Å². The molecule has 180 valence electrons. The predicted molar refractivity (Wildman–Crippen MR) is 144 cm³/mol. The Balaban J connectivity index is 1.26. The second-order valence-corrected chi connectivity index (χ2v) is 9.83. The molecule has 11 heteroatoms. The van der Waals surface area contributed by atoms with Crippen LogP contribution in [0.25, 0.3) is 10.2 Å². The van der Waals surface area contributed by atoms with Gasteiger partial charge in [-0.25, -0.2) is 19.7 Å². The lowest BCUT2D eigenvalue weighted by Crippen LogP contribution is -2.35. The molecule has 1 saturated heterocycles. The molecule has 0 radical (unpaired) electrons. The van der Waals surface area contributed by atoms with Crippen LogP contribution in [0, 0.1) is 0 Å². The second kappa shape index (κ2) is 9.34. The quantitative estimate of drug-likeness (QED) is 0.411. The van der Waals surface area contributed by atoms with Crippen molar-refractivity contribution < 1.29 is 14.3 Å². The third-order valence-electron chi connectivity index (χ3n) is 6.30. The number of aromatic nitrogens is 2. The number of nitrogens with zero attached hydrogens (tertiary/aromatic N) is 4. The van der Waals surface area contributed by atoms with E-state index in [1.54, 1.807) is 0 Å². The molecule has 0 bridgehead atoms. The Labute approximate surface area is 212 Å². The highest BCUT2D eigenvalue weighted by atomic mass is 32.1. The van der Waals surface area contributed by atoms with Gasteiger partial charge in [0.25, 0.3) is 5.91 Å². The van der Waals surface area contributed by atoms with E-state index in [-0.39, 0.29) is 11.9 Å². The van der Waals surface area contributed by atoms with Gasteiger partial charge in [0.05, 0.1) is 30.0 Å². The number of benzene rings is 2. The molecule has 2 aromatic heterocycles. The number of carbonyl (C=O) groups excluding carboxylic acids is 2. The van der Waals surface area contributed by atoms with Crippen molar-refractivity contribution in [1.82, 2.24) is 14.9 Å². The van der Waals surface area contributed by atoms with E-state index >= 15 is 0 Å². The lowest BCUT2D eigenvalue weighted by molar-refractivity contribution is 0.0342. The van der Waals surface area contributed by atoms with Gasteiger partial charge in [-0.05, 0) is 29.8 Å². The van der Waals surface area contributed by atoms with Gasteiger partial charge in [-0.3, -0.25) is 9.69 Å². The molecule has 0 atom stereocenters. The van der Waals surface area contributed by atoms with Crippen LogP contribution in [0.15, 0.2) is 54.9 Å². The van der Waals surface area contributed by atoms with Gasteiger partial charge in [-0.2, -0.15) is 0 Å². The maximum absolute atomic E-state index is 13.3. The fourth-order valence-electron chi connectivity index (χ4n) is 4.53. The number of nitrogens with one attached hydrogen (secondary N) is 2. The van der Waals surface area contributed by atoms with E-state index in [1.807, 2.05) is 56.4 Å². The smallest absolute Gasteiger partial charge is 0.332 e. The molecular formula is C25H23BN6O3S. The summed E-state index contributed by atoms with van der Waals surface area (Å²) in [4.78, 5) is 40.1. The number of rotatable bonds is 5. The molecule has 3 amide bonds. The van der Waals surface area contributed by atoms with Crippen LogP contribution in [0.4, 0.5) is 27.7 Å². The van der Waals surface area contributed by atoms with Gasteiger partial charge in [0.15, 0.2) is 5.82 Å². The van der Waals surface area contributed by atoms with Crippen molar-refractivity contribution in [2.45, 2.75) is 6.54 Å². The number of hydrogen-bond donors (Lipinski definition) is 2. The highest BCUT2D eigenvalue weighted by molar-refractivity contribution is 7.21. The molecule has 0 spiro atoms. The van der Waals surface area contributed by atoms with Gasteiger partial charge >= 0.3 is 6.03 Å². The second-order valence-electron chi connectivity index (χ2n) is 8.83. The fraction of sp³-hybridized carbons (Fsp3) is 0.200. The summed E-state index contributed by atoms with van der Waals surface area (Å²) in [6, 6.07) is 15.1. The molecule has 4 heterocycles. The van der Waals surface area contributed by atoms with Gasteiger partial charge in [0.2, 0.25) is 0 Å². The minimum Gasteiger partial charge on any atom is -0.379 e. The number of morpholine rings is 1. The number of carbonyl (C=O) groups is 2. The summed E-state index contributed by atoms with van der Waals surface area (Å²) in [5.41, 5.74) is 4.03. The van der Waals surface area contributed by atoms with E-state index in [0.29, 0.717) is 38.0 Å². The third-order valence-corrected chi connectivity index (χ3v) is 7.40. The molecule has 9 nitrogen and oxygen atoms in total. The number of ether oxygens (including phenoxy) is 1. The zero-order valence-corrected chi connectivity index (χ0v) is 20.5. The highest BCUT2D eigenvalue weighted by Gasteiger charge is 2.33. The average Bonchev–Trinajstić information content (AvgIpc) is 3.25. The predicted octanol–water partition coefficient (Wildman–Crippen LogP) is 2.72. The van der Waals surface area contributed by atoms with Crippen molar-refractivity contribution in [3.8, 4) is 0 Å². The standard InChI is InChI=1S/C25H23BN6O3S/c26-16-2-1-3-18(12-16)32-22-19-20(30-25(32)34)21(36-24(19)28-14-27-22)23(33)29-17-6-4-15(5-7-17)13-31-8-10-35-11-9-31/h1-7,12,14H,8-11,13,26H2,(H,29,33)(H,30,34). The summed E-state index contributed by atoms with van der Waals surface area (Å²) in [5, 5.41) is 6.52. The van der Waals surface area contributed by atoms with E-state index in [2.05, 4.69) is 25.5 Å². The maximum Gasteiger partial charge on any atom is 0.332 e. The normalized spacial score (nSPS) is 15.7. The Bertz CT molecular complexity index is 1470. The number of amides is 3. The first kappa shape index (κ1) is 22.7. The molecule has 2 aromatic carbocycles. The van der Waals surface area contributed by atoms with Crippen molar-refractivity contribution in [1.29, 1.82) is 0 Å². The van der Waals surface area contributed by atoms with E-state index < -0.39 is 0 Å². The number of urea groups is 1. The summed E-state index contributed by atoms with van der Waals surface area (Å²) >= 11 is 1.24. The summed E-state index contributed by atoms with van der Waals surface area (Å²) in [7, 11) is 1.97. The molecular weight excluding hydrogens is 475 g/mol. The Hall–Kier alpha value is -3.80. The van der Waals surface area contributed by atoms with Crippen molar-refractivity contribution in [3.63, 3.8) is 0 Å². The van der Waals surface area contributed by atoms with Crippen molar-refractivity contribution >= 4 is 69.7 Å². The molecule has 6 rings (SSSR count). The van der Waals surface area contributed by atoms with E-state index in [9.17, 15) is 9.59 Å². The molecule has 36 heavy (non-hydrogen) atoms. The van der Waals surface area contributed by atoms with Crippen LogP contribution in [0.1, 0.15) is 15.2 Å². The van der Waals surface area contributed by atoms with E-state index in [4.69, 9.17) is 4.74 Å². The van der Waals surface area contributed by atoms with Crippen LogP contribution in [-0.2, 0) is 11.3 Å². The molecule has 1 fully saturated rings. The van der Waals surface area contributed by atoms with E-state index in [1.165, 1.54) is 28.1 Å². The van der Waals surface area contributed by atoms with Gasteiger partial charge in [-0.15, -0.1) is 11.3 Å². The zero-order chi connectivity index (χ0) is 24.6. The van der Waals surface area contributed by atoms with Gasteiger partial charge in [0.1, 0.15) is 23.9 Å². The Kier molecular flexibility index (Phi) is 5.88. The molecule has 0 aliphatic carbocycles. The van der Waals surface area contributed by atoms with Crippen LogP contribution in [0.3, 0.4) is 0 Å². The summed E-state index contributed by atoms with van der Waals surface area (Å²) in [6.07, 6.45) is 1.42. The van der Waals surface area contributed by atoms with Crippen LogP contribution in [-0.4, -0.2) is 61.0 Å². The highest BCUT2D eigenvalue weighted by Crippen LogP contribution is 2.44. The molecule has 0 unspecified atom stereocenters. The number of hydrogen-bond acceptors (Lipinski definition) is 7. The van der Waals surface area contributed by atoms with Gasteiger partial charge < -0.3 is 15.4 Å². The third kappa shape index (κ3) is 4.21. The molecule has 2 N–H and O–H groups in total. The fourth-order valence-corrected chi connectivity index (χ4v) is 5.52. The van der Waals surface area contributed by atoms with Crippen molar-refractivity contribution in [2.24, 2.45) is 0 Å². The minimum atomic E-state index is -0.368. The SMILES string of the molecule is Bc1cccc(N2C(=O)Nc3c(C(=O)Nc4ccc(CN5CCOCC5)cc4)sc4ncnc2c34)c1. The first-order chi connectivity index (χ1) is 17.6. The monoisotopic (exact) mass is 498 g/mol. The van der Waals surface area contributed by atoms with Crippen molar-refractivity contribution in [2.75, 3.05) is 41.8 Å². The summed E-state index contributed by atoms with van der Waals surface area (Å²) < 4.78 is 5.41. The lowest BCUT2D eigenvalue weighted by Gasteiger charge is -2.27. The summed E-state index contributed by atoms with van der Waals surface area (Å²) in [5.74, 6) is 0.163. The van der Waals surface area contributed by atoms with Crippen LogP contribution in [0.2, 0.25) is 0 Å². The minimum absolute atomic E-state index is 0.302. The topological polar surface area (TPSA) is 99.7 Å². The van der Waals surface area contributed by atoms with E-state index in [0.717, 1.165) is 38.3 Å². The number of anilines is 4. The molecule has 2 aliphatic rings. The Morgan fingerprint density at radius 2 is 1.94 bits per heavy atom. The Morgan fingerprint density at radius 1 is 1.14 bits per heavy atom. The molecule has 2 aliphatic heterocycles. The van der Waals surface area contributed by atoms with Crippen molar-refractivity contribution in [3.05, 3.63) is 65.3 Å². The van der Waals surface area contributed by atoms with Crippen LogP contribution in [0.5, 0.6) is 0 Å². The maximum atomic E-state index is 13.3. The zero-order valence-electron chi connectivity index (χ0n) is 19.7. The first-order valence-electron chi connectivity index (χ1n) is 11.7. The average molecular weight is 498 g/mol. The molecule has 4 aromatic rings.